The number of aromatic nitrogens is 4. The molecule has 0 saturated heterocycles. The van der Waals surface area contributed by atoms with Crippen molar-refractivity contribution in [1.82, 2.24) is 19.5 Å². The number of rotatable bonds is 9. The van der Waals surface area contributed by atoms with Gasteiger partial charge in [0.15, 0.2) is 0 Å². The van der Waals surface area contributed by atoms with Crippen LogP contribution in [0, 0.1) is 31.8 Å². The monoisotopic (exact) mass is 1040 g/mol. The number of hydrogen-bond donors (Lipinski definition) is 0. The van der Waals surface area contributed by atoms with E-state index in [-0.39, 0.29) is 31.6 Å². The van der Waals surface area contributed by atoms with Gasteiger partial charge >= 0.3 is 0 Å². The van der Waals surface area contributed by atoms with Crippen LogP contribution in [-0.2, 0) is 26.5 Å². The molecule has 323 valence electrons. The molecule has 0 aliphatic rings. The van der Waals surface area contributed by atoms with Gasteiger partial charge in [-0.3, -0.25) is 4.98 Å². The molecule has 63 heavy (non-hydrogen) atoms. The SMILES string of the molecule is Cc1ccc2c(n1)sc1c(-c3nc4ccccc4n3-c3c(C(C)C)cc(-c4ccccc4)cc3C(C)C)[c-]ccc12.[2H]C([2H])([2H])c1c[c-]c(-c2cc(C([2H])([2H])C(C)C)c([Si](C)(C)C)cn2)cc1.[Ir]. The number of pyridine rings is 2. The van der Waals surface area contributed by atoms with Crippen LogP contribution in [0.2, 0.25) is 19.6 Å². The largest absolute Gasteiger partial charge is 0.333 e. The van der Waals surface area contributed by atoms with Crippen LogP contribution < -0.4 is 5.19 Å². The van der Waals surface area contributed by atoms with Gasteiger partial charge in [-0.25, -0.2) is 4.98 Å². The number of para-hydroxylation sites is 2. The third kappa shape index (κ3) is 9.59. The molecule has 0 bridgehead atoms. The fourth-order valence-electron chi connectivity index (χ4n) is 8.13. The van der Waals surface area contributed by atoms with Gasteiger partial charge in [0.25, 0.3) is 0 Å². The van der Waals surface area contributed by atoms with E-state index in [0.29, 0.717) is 28.7 Å². The molecule has 0 N–H and O–H groups in total. The van der Waals surface area contributed by atoms with Gasteiger partial charge in [-0.2, -0.15) is 11.3 Å². The number of imidazole rings is 1. The summed E-state index contributed by atoms with van der Waals surface area (Å²) in [6, 6.07) is 45.6. The maximum absolute atomic E-state index is 8.59. The van der Waals surface area contributed by atoms with Gasteiger partial charge < -0.3 is 9.55 Å². The molecule has 0 aliphatic carbocycles. The standard InChI is InChI=1S/C37H32N3S.C19H26NSi.Ir/c1-22(2)30-20-26(25-12-7-6-8-13-25)21-31(23(3)4)34(30)40-33-17-10-9-16-32(33)39-36(40)29-15-11-14-27-28-19-18-24(5)38-37(28)41-35(27)29;1-14(2)11-17-12-18(16-9-7-15(3)8-10-16)20-13-19(17)21(4,5)6;/h6-14,16-23H,1-5H3;7-9,12-14H,11H2,1-6H3;/q2*-1;/i;3D3,11D2;. The third-order valence-electron chi connectivity index (χ3n) is 11.2. The zero-order chi connectivity index (χ0) is 48.2. The summed E-state index contributed by atoms with van der Waals surface area (Å²) in [5.74, 6) is 1.39. The van der Waals surface area contributed by atoms with Crippen molar-refractivity contribution in [2.75, 3.05) is 0 Å². The summed E-state index contributed by atoms with van der Waals surface area (Å²) in [6.07, 6.45) is 0.328. The molecule has 0 amide bonds. The summed E-state index contributed by atoms with van der Waals surface area (Å²) in [7, 11) is -1.78. The molecule has 0 fully saturated rings. The molecule has 0 atom stereocenters. The second kappa shape index (κ2) is 19.0. The molecule has 5 aromatic carbocycles. The Morgan fingerprint density at radius 3 is 2.14 bits per heavy atom. The van der Waals surface area contributed by atoms with Crippen molar-refractivity contribution >= 4 is 55.9 Å². The van der Waals surface area contributed by atoms with Crippen molar-refractivity contribution in [1.29, 1.82) is 0 Å². The maximum atomic E-state index is 8.59. The summed E-state index contributed by atoms with van der Waals surface area (Å²) in [6.45, 7) is 19.4. The Bertz CT molecular complexity index is 3210. The summed E-state index contributed by atoms with van der Waals surface area (Å²) < 4.78 is 43.2. The average molecular weight is 1040 g/mol. The Hall–Kier alpha value is -5.04. The molecule has 4 nitrogen and oxygen atoms in total. The second-order valence-electron chi connectivity index (χ2n) is 18.1. The first-order chi connectivity index (χ1) is 31.6. The van der Waals surface area contributed by atoms with Gasteiger partial charge in [0, 0.05) is 44.5 Å². The number of fused-ring (bicyclic) bond motifs is 4. The normalized spacial score (nSPS) is 13.4. The number of benzene rings is 5. The average Bonchev–Trinajstić information content (AvgIpc) is 3.86. The maximum Gasteiger partial charge on any atom is 0.113 e. The molecule has 0 spiro atoms. The Morgan fingerprint density at radius 2 is 1.49 bits per heavy atom. The van der Waals surface area contributed by atoms with Gasteiger partial charge in [-0.15, -0.1) is 53.6 Å². The summed E-state index contributed by atoms with van der Waals surface area (Å²) in [4.78, 5) is 15.8. The first-order valence-corrected chi connectivity index (χ1v) is 25.9. The Kier molecular flexibility index (Phi) is 11.9. The van der Waals surface area contributed by atoms with E-state index in [1.54, 1.807) is 29.7 Å². The van der Waals surface area contributed by atoms with Gasteiger partial charge in [0.05, 0.1) is 24.9 Å². The molecule has 0 aliphatic heterocycles. The first kappa shape index (κ1) is 39.5. The number of nitrogens with zero attached hydrogens (tertiary/aromatic N) is 4. The Morgan fingerprint density at radius 1 is 0.778 bits per heavy atom. The van der Waals surface area contributed by atoms with Gasteiger partial charge in [0.2, 0.25) is 0 Å². The Labute approximate surface area is 400 Å². The predicted octanol–water partition coefficient (Wildman–Crippen LogP) is 15.1. The fourth-order valence-corrected chi connectivity index (χ4v) is 10.7. The zero-order valence-corrected chi connectivity index (χ0v) is 42.0. The van der Waals surface area contributed by atoms with Crippen LogP contribution in [0.25, 0.3) is 70.8 Å². The van der Waals surface area contributed by atoms with Crippen molar-refractivity contribution in [3.8, 4) is 39.5 Å². The van der Waals surface area contributed by atoms with Crippen molar-refractivity contribution in [3.05, 3.63) is 162 Å². The van der Waals surface area contributed by atoms with Gasteiger partial charge in [0.1, 0.15) is 4.83 Å². The van der Waals surface area contributed by atoms with E-state index >= 15 is 0 Å². The van der Waals surface area contributed by atoms with Crippen LogP contribution in [0.4, 0.5) is 0 Å². The second-order valence-corrected chi connectivity index (χ2v) is 24.1. The third-order valence-corrected chi connectivity index (χ3v) is 14.4. The molecule has 9 aromatic rings. The molecule has 7 heteroatoms. The first-order valence-electron chi connectivity index (χ1n) is 24.1. The summed E-state index contributed by atoms with van der Waals surface area (Å²) >= 11 is 1.74. The van der Waals surface area contributed by atoms with Crippen LogP contribution in [0.15, 0.2) is 121 Å². The molecule has 1 radical (unpaired) electrons. The number of thiophene rings is 1. The topological polar surface area (TPSA) is 43.6 Å². The van der Waals surface area contributed by atoms with Gasteiger partial charge in [-0.1, -0.05) is 139 Å². The van der Waals surface area contributed by atoms with E-state index in [9.17, 15) is 0 Å². The number of aryl methyl sites for hydroxylation is 2. The molecular formula is C56H58IrN4SSi-2. The molecule has 4 heterocycles. The molecule has 9 rings (SSSR count). The molecular weight excluding hydrogens is 981 g/mol. The smallest absolute Gasteiger partial charge is 0.113 e. The summed E-state index contributed by atoms with van der Waals surface area (Å²) in [5, 5.41) is 3.41. The van der Waals surface area contributed by atoms with E-state index in [1.807, 2.05) is 26.0 Å². The summed E-state index contributed by atoms with van der Waals surface area (Å²) in [5.41, 5.74) is 12.7. The van der Waals surface area contributed by atoms with Gasteiger partial charge in [-0.05, 0) is 105 Å². The van der Waals surface area contributed by atoms with Crippen LogP contribution in [0.1, 0.15) is 88.2 Å². The van der Waals surface area contributed by atoms with Crippen LogP contribution in [0.3, 0.4) is 0 Å². The van der Waals surface area contributed by atoms with E-state index < -0.39 is 21.3 Å². The van der Waals surface area contributed by atoms with Crippen molar-refractivity contribution < 1.29 is 27.0 Å². The minimum atomic E-state index is -2.16. The van der Waals surface area contributed by atoms with E-state index in [0.717, 1.165) is 38.1 Å². The van der Waals surface area contributed by atoms with E-state index in [1.165, 1.54) is 49.5 Å². The fraction of sp³-hybridized carbons (Fsp3) is 0.268. The van der Waals surface area contributed by atoms with Crippen LogP contribution >= 0.6 is 11.3 Å². The van der Waals surface area contributed by atoms with Crippen LogP contribution in [-0.4, -0.2) is 27.6 Å². The zero-order valence-electron chi connectivity index (χ0n) is 42.8. The molecule has 0 unspecified atom stereocenters. The van der Waals surface area contributed by atoms with Crippen molar-refractivity contribution in [2.24, 2.45) is 5.92 Å². The van der Waals surface area contributed by atoms with Crippen molar-refractivity contribution in [2.45, 2.75) is 93.2 Å². The minimum Gasteiger partial charge on any atom is -0.333 e. The van der Waals surface area contributed by atoms with Crippen LogP contribution in [0.5, 0.6) is 0 Å². The minimum absolute atomic E-state index is 0. The van der Waals surface area contributed by atoms with E-state index in [2.05, 4.69) is 161 Å². The quantitative estimate of drug-likeness (QED) is 0.107. The van der Waals surface area contributed by atoms with Crippen molar-refractivity contribution in [3.63, 3.8) is 0 Å². The molecule has 0 saturated carbocycles. The number of hydrogen-bond acceptors (Lipinski definition) is 4. The van der Waals surface area contributed by atoms with E-state index in [4.69, 9.17) is 16.8 Å². The Balaban J connectivity index is 0.000000220. The predicted molar refractivity (Wildman–Crippen MR) is 269 cm³/mol. The molecule has 4 aromatic heterocycles.